The molecule has 1 amide bonds. The lowest BCUT2D eigenvalue weighted by molar-refractivity contribution is -0.143. The Kier molecular flexibility index (Phi) is 6.85. The highest BCUT2D eigenvalue weighted by atomic mass is 16.6. The van der Waals surface area contributed by atoms with Crippen LogP contribution in [-0.2, 0) is 14.9 Å². The summed E-state index contributed by atoms with van der Waals surface area (Å²) in [6.45, 7) is 13.4. The number of hydrogen-bond donors (Lipinski definition) is 1. The van der Waals surface area contributed by atoms with Crippen molar-refractivity contribution in [2.45, 2.75) is 110 Å². The van der Waals surface area contributed by atoms with E-state index in [-0.39, 0.29) is 25.0 Å². The Labute approximate surface area is 231 Å². The number of aromatic nitrogens is 2. The SMILES string of the molecule is Cc1cc(C)cc(-c2c(C3(CO)CC3)c(OCC(C)(C)C(=O)N3C4CCC3CC4)nn2C(=O)OC(C)(C)C)c1. The summed E-state index contributed by atoms with van der Waals surface area (Å²) in [6, 6.07) is 6.78. The van der Waals surface area contributed by atoms with Crippen LogP contribution in [0.15, 0.2) is 18.2 Å². The normalized spacial score (nSPS) is 21.8. The molecule has 1 aromatic carbocycles. The van der Waals surface area contributed by atoms with Gasteiger partial charge in [-0.05, 0) is 99.1 Å². The third kappa shape index (κ3) is 5.20. The van der Waals surface area contributed by atoms with Crippen LogP contribution in [0.25, 0.3) is 11.3 Å². The van der Waals surface area contributed by atoms with E-state index in [0.29, 0.717) is 23.3 Å². The number of aryl methyl sites for hydroxylation is 2. The van der Waals surface area contributed by atoms with Gasteiger partial charge in [0.15, 0.2) is 0 Å². The fraction of sp³-hybridized carbons (Fsp3) is 0.645. The van der Waals surface area contributed by atoms with Crippen LogP contribution in [0.1, 0.15) is 89.8 Å². The number of benzene rings is 1. The number of aliphatic hydroxyl groups excluding tert-OH is 1. The van der Waals surface area contributed by atoms with Crippen molar-refractivity contribution < 1.29 is 24.2 Å². The van der Waals surface area contributed by atoms with Crippen molar-refractivity contribution in [1.82, 2.24) is 14.7 Å². The van der Waals surface area contributed by atoms with Crippen LogP contribution in [-0.4, -0.2) is 62.7 Å². The summed E-state index contributed by atoms with van der Waals surface area (Å²) in [6.07, 6.45) is 5.23. The molecule has 2 aliphatic heterocycles. The average molecular weight is 538 g/mol. The molecule has 0 atom stereocenters. The van der Waals surface area contributed by atoms with E-state index in [1.165, 1.54) is 4.68 Å². The zero-order valence-corrected chi connectivity index (χ0v) is 24.5. The predicted molar refractivity (Wildman–Crippen MR) is 149 cm³/mol. The first-order valence-corrected chi connectivity index (χ1v) is 14.3. The second kappa shape index (κ2) is 9.65. The van der Waals surface area contributed by atoms with E-state index >= 15 is 0 Å². The molecule has 1 saturated carbocycles. The number of carbonyl (C=O) groups is 2. The van der Waals surface area contributed by atoms with Crippen LogP contribution < -0.4 is 4.74 Å². The fourth-order valence-corrected chi connectivity index (χ4v) is 6.33. The number of nitrogens with zero attached hydrogens (tertiary/aromatic N) is 3. The summed E-state index contributed by atoms with van der Waals surface area (Å²) in [4.78, 5) is 29.2. The lowest BCUT2D eigenvalue weighted by Crippen LogP contribution is -2.46. The van der Waals surface area contributed by atoms with E-state index in [2.05, 4.69) is 16.1 Å². The maximum Gasteiger partial charge on any atom is 0.435 e. The van der Waals surface area contributed by atoms with E-state index in [4.69, 9.17) is 9.47 Å². The van der Waals surface area contributed by atoms with Gasteiger partial charge in [0.1, 0.15) is 12.2 Å². The van der Waals surface area contributed by atoms with E-state index < -0.39 is 22.5 Å². The van der Waals surface area contributed by atoms with Gasteiger partial charge in [-0.1, -0.05) is 17.2 Å². The highest BCUT2D eigenvalue weighted by Crippen LogP contribution is 2.54. The molecule has 212 valence electrons. The summed E-state index contributed by atoms with van der Waals surface area (Å²) in [7, 11) is 0. The second-order valence-electron chi connectivity index (χ2n) is 13.6. The van der Waals surface area contributed by atoms with Gasteiger partial charge in [0.05, 0.1) is 23.3 Å². The molecule has 8 heteroatoms. The summed E-state index contributed by atoms with van der Waals surface area (Å²) in [5, 5.41) is 15.2. The largest absolute Gasteiger partial charge is 0.475 e. The van der Waals surface area contributed by atoms with Crippen LogP contribution in [0, 0.1) is 19.3 Å². The van der Waals surface area contributed by atoms with E-state index in [1.54, 1.807) is 0 Å². The van der Waals surface area contributed by atoms with Crippen LogP contribution in [0.2, 0.25) is 0 Å². The van der Waals surface area contributed by atoms with E-state index in [0.717, 1.165) is 55.2 Å². The molecule has 3 heterocycles. The molecule has 0 spiro atoms. The Morgan fingerprint density at radius 3 is 2.05 bits per heavy atom. The van der Waals surface area contributed by atoms with Crippen LogP contribution in [0.4, 0.5) is 4.79 Å². The zero-order chi connectivity index (χ0) is 28.3. The Morgan fingerprint density at radius 2 is 1.56 bits per heavy atom. The molecule has 5 rings (SSSR count). The number of hydrogen-bond acceptors (Lipinski definition) is 6. The highest BCUT2D eigenvalue weighted by Gasteiger charge is 2.51. The summed E-state index contributed by atoms with van der Waals surface area (Å²) < 4.78 is 13.4. The molecule has 1 aliphatic carbocycles. The Hall–Kier alpha value is -2.87. The molecule has 39 heavy (non-hydrogen) atoms. The Morgan fingerprint density at radius 1 is 1.00 bits per heavy atom. The molecule has 2 aromatic rings. The first-order chi connectivity index (χ1) is 18.2. The molecule has 2 saturated heterocycles. The van der Waals surface area contributed by atoms with Crippen LogP contribution in [0.3, 0.4) is 0 Å². The summed E-state index contributed by atoms with van der Waals surface area (Å²) >= 11 is 0. The van der Waals surface area contributed by atoms with Gasteiger partial charge in [-0.25, -0.2) is 4.79 Å². The molecular weight excluding hydrogens is 494 g/mol. The summed E-state index contributed by atoms with van der Waals surface area (Å²) in [5.41, 5.74) is 2.18. The zero-order valence-electron chi connectivity index (χ0n) is 24.5. The van der Waals surface area contributed by atoms with Crippen molar-refractivity contribution in [2.75, 3.05) is 13.2 Å². The van der Waals surface area contributed by atoms with Crippen LogP contribution in [0.5, 0.6) is 5.88 Å². The standard InChI is InChI=1S/C31H43N3O5/c1-19-14-20(2)16-21(15-19)25-24(31(17-35)12-13-31)26(32-34(25)28(37)39-29(3,4)5)38-18-30(6,7)27(36)33-22-8-9-23(33)11-10-22/h14-16,22-23,35H,8-13,17-18H2,1-7H3. The van der Waals surface area contributed by atoms with Gasteiger partial charge in [-0.3, -0.25) is 4.79 Å². The predicted octanol–water partition coefficient (Wildman–Crippen LogP) is 5.53. The maximum atomic E-state index is 13.6. The first kappa shape index (κ1) is 27.7. The number of ether oxygens (including phenoxy) is 2. The van der Waals surface area contributed by atoms with Gasteiger partial charge >= 0.3 is 6.09 Å². The monoisotopic (exact) mass is 537 g/mol. The molecule has 3 fully saturated rings. The summed E-state index contributed by atoms with van der Waals surface area (Å²) in [5.74, 6) is 0.394. The molecule has 1 aromatic heterocycles. The Balaban J connectivity index is 1.56. The quantitative estimate of drug-likeness (QED) is 0.499. The smallest absolute Gasteiger partial charge is 0.435 e. The third-order valence-corrected chi connectivity index (χ3v) is 8.44. The molecule has 0 radical (unpaired) electrons. The van der Waals surface area contributed by atoms with Gasteiger partial charge in [0.2, 0.25) is 11.8 Å². The number of carbonyl (C=O) groups excluding carboxylic acids is 2. The maximum absolute atomic E-state index is 13.6. The van der Waals surface area contributed by atoms with Crippen LogP contribution >= 0.6 is 0 Å². The molecule has 1 N–H and O–H groups in total. The number of amides is 1. The average Bonchev–Trinajstić information content (AvgIpc) is 3.19. The number of rotatable bonds is 7. The number of fused-ring (bicyclic) bond motifs is 2. The van der Waals surface area contributed by atoms with Crippen molar-refractivity contribution in [3.05, 3.63) is 34.9 Å². The molecule has 2 bridgehead atoms. The van der Waals surface area contributed by atoms with E-state index in [1.807, 2.05) is 60.6 Å². The van der Waals surface area contributed by atoms with Gasteiger partial charge in [0.25, 0.3) is 0 Å². The molecule has 3 aliphatic rings. The molecule has 0 unspecified atom stereocenters. The van der Waals surface area contributed by atoms with Gasteiger partial charge in [-0.2, -0.15) is 4.68 Å². The van der Waals surface area contributed by atoms with Gasteiger partial charge < -0.3 is 19.5 Å². The molecule has 8 nitrogen and oxygen atoms in total. The van der Waals surface area contributed by atoms with Crippen molar-refractivity contribution in [2.24, 2.45) is 5.41 Å². The van der Waals surface area contributed by atoms with Crippen molar-refractivity contribution in [1.29, 1.82) is 0 Å². The molecular formula is C31H43N3O5. The van der Waals surface area contributed by atoms with Gasteiger partial charge in [-0.15, -0.1) is 5.10 Å². The number of aliphatic hydroxyl groups is 1. The topological polar surface area (TPSA) is 93.9 Å². The van der Waals surface area contributed by atoms with Crippen molar-refractivity contribution in [3.63, 3.8) is 0 Å². The van der Waals surface area contributed by atoms with Crippen molar-refractivity contribution in [3.8, 4) is 17.1 Å². The minimum Gasteiger partial charge on any atom is -0.475 e. The minimum absolute atomic E-state index is 0.0827. The lowest BCUT2D eigenvalue weighted by atomic mass is 9.91. The third-order valence-electron chi connectivity index (χ3n) is 8.44. The minimum atomic E-state index is -0.770. The lowest BCUT2D eigenvalue weighted by Gasteiger charge is -2.32. The van der Waals surface area contributed by atoms with E-state index in [9.17, 15) is 14.7 Å². The first-order valence-electron chi connectivity index (χ1n) is 14.3. The van der Waals surface area contributed by atoms with Gasteiger partial charge in [0, 0.05) is 23.1 Å². The second-order valence-corrected chi connectivity index (χ2v) is 13.6. The fourth-order valence-electron chi connectivity index (χ4n) is 6.33. The van der Waals surface area contributed by atoms with Crippen molar-refractivity contribution >= 4 is 12.0 Å². The Bertz CT molecular complexity index is 1240. The highest BCUT2D eigenvalue weighted by molar-refractivity contribution is 5.84.